The van der Waals surface area contributed by atoms with E-state index in [1.807, 2.05) is 30.3 Å². The largest absolute Gasteiger partial charge is 0.493 e. The molecule has 5 rings (SSSR count). The average molecular weight is 658 g/mol. The van der Waals surface area contributed by atoms with Gasteiger partial charge in [-0.3, -0.25) is 23.9 Å². The van der Waals surface area contributed by atoms with Gasteiger partial charge < -0.3 is 31.1 Å². The van der Waals surface area contributed by atoms with Gasteiger partial charge in [0.05, 0.1) is 31.0 Å². The molecule has 1 aliphatic heterocycles. The third-order valence-electron chi connectivity index (χ3n) is 7.61. The minimum atomic E-state index is -1.40. The predicted octanol–water partition coefficient (Wildman–Crippen LogP) is 1.65. The van der Waals surface area contributed by atoms with Crippen LogP contribution in [0.25, 0.3) is 0 Å². The SMILES string of the molecule is C[C@@H](O)[C@@H]1NC(=O)c2cccc(c2)CNC(=O)c2cc(F)ccc2OCCCn2cc(nn2)CNC(=O)[C@@H](Cc2ccccc2)NC1=O. The predicted molar refractivity (Wildman–Crippen MR) is 171 cm³/mol. The number of aliphatic hydroxyl groups excluding tert-OH is 1. The Labute approximate surface area is 275 Å². The van der Waals surface area contributed by atoms with Gasteiger partial charge in [-0.25, -0.2) is 4.39 Å². The van der Waals surface area contributed by atoms with E-state index in [1.165, 1.54) is 31.2 Å². The molecule has 1 aromatic heterocycles. The minimum absolute atomic E-state index is 0.00112. The fourth-order valence-corrected chi connectivity index (χ4v) is 5.09. The molecule has 250 valence electrons. The zero-order valence-electron chi connectivity index (χ0n) is 26.2. The summed E-state index contributed by atoms with van der Waals surface area (Å²) in [6.07, 6.45) is 0.981. The summed E-state index contributed by atoms with van der Waals surface area (Å²) in [5.41, 5.74) is 1.98. The maximum atomic E-state index is 14.1. The van der Waals surface area contributed by atoms with E-state index in [0.717, 1.165) is 11.6 Å². The number of fused-ring (bicyclic) bond motifs is 5. The van der Waals surface area contributed by atoms with Crippen molar-refractivity contribution >= 4 is 23.6 Å². The van der Waals surface area contributed by atoms with Crippen molar-refractivity contribution < 1.29 is 33.4 Å². The van der Waals surface area contributed by atoms with Gasteiger partial charge in [0.25, 0.3) is 11.8 Å². The topological polar surface area (TPSA) is 177 Å². The molecule has 0 spiro atoms. The maximum Gasteiger partial charge on any atom is 0.255 e. The Morgan fingerprint density at radius 3 is 2.54 bits per heavy atom. The second-order valence-electron chi connectivity index (χ2n) is 11.4. The molecular weight excluding hydrogens is 621 g/mol. The monoisotopic (exact) mass is 657 g/mol. The first-order valence-corrected chi connectivity index (χ1v) is 15.5. The highest BCUT2D eigenvalue weighted by Crippen LogP contribution is 2.20. The lowest BCUT2D eigenvalue weighted by atomic mass is 10.0. The number of halogens is 1. The molecule has 4 bridgehead atoms. The number of nitrogens with zero attached hydrogens (tertiary/aromatic N) is 3. The molecule has 0 unspecified atom stereocenters. The van der Waals surface area contributed by atoms with Gasteiger partial charge >= 0.3 is 0 Å². The van der Waals surface area contributed by atoms with Crippen LogP contribution in [-0.4, -0.2) is 68.5 Å². The van der Waals surface area contributed by atoms with Gasteiger partial charge in [0.1, 0.15) is 29.3 Å². The number of amides is 4. The molecule has 0 radical (unpaired) electrons. The van der Waals surface area contributed by atoms with E-state index in [0.29, 0.717) is 24.2 Å². The van der Waals surface area contributed by atoms with Crippen molar-refractivity contribution in [1.82, 2.24) is 36.3 Å². The van der Waals surface area contributed by atoms with Gasteiger partial charge in [-0.1, -0.05) is 47.7 Å². The lowest BCUT2D eigenvalue weighted by Gasteiger charge is -2.25. The van der Waals surface area contributed by atoms with Crippen LogP contribution < -0.4 is 26.0 Å². The molecule has 4 amide bonds. The van der Waals surface area contributed by atoms with Crippen LogP contribution in [0, 0.1) is 5.82 Å². The molecule has 13 nitrogen and oxygen atoms in total. The molecule has 2 heterocycles. The van der Waals surface area contributed by atoms with E-state index in [4.69, 9.17) is 4.74 Å². The van der Waals surface area contributed by atoms with Crippen LogP contribution in [0.15, 0.2) is 79.0 Å². The van der Waals surface area contributed by atoms with E-state index < -0.39 is 47.6 Å². The van der Waals surface area contributed by atoms with Crippen molar-refractivity contribution in [3.05, 3.63) is 113 Å². The molecule has 3 aromatic carbocycles. The molecule has 0 saturated carbocycles. The first-order valence-electron chi connectivity index (χ1n) is 15.5. The lowest BCUT2D eigenvalue weighted by molar-refractivity contribution is -0.131. The maximum absolute atomic E-state index is 14.1. The Bertz CT molecular complexity index is 1760. The first kappa shape index (κ1) is 33.7. The van der Waals surface area contributed by atoms with Crippen LogP contribution >= 0.6 is 0 Å². The lowest BCUT2D eigenvalue weighted by Crippen LogP contribution is -2.57. The summed E-state index contributed by atoms with van der Waals surface area (Å²) in [7, 11) is 0. The number of hydrogen-bond donors (Lipinski definition) is 5. The molecule has 1 aliphatic rings. The summed E-state index contributed by atoms with van der Waals surface area (Å²) in [4.78, 5) is 53.2. The molecule has 14 heteroatoms. The first-order chi connectivity index (χ1) is 23.2. The van der Waals surface area contributed by atoms with Gasteiger partial charge in [-0.05, 0) is 48.4 Å². The zero-order valence-corrected chi connectivity index (χ0v) is 26.2. The fourth-order valence-electron chi connectivity index (χ4n) is 5.09. The number of aromatic nitrogens is 3. The van der Waals surface area contributed by atoms with Crippen LogP contribution in [-0.2, 0) is 35.6 Å². The van der Waals surface area contributed by atoms with Crippen LogP contribution in [0.5, 0.6) is 5.75 Å². The molecule has 0 fully saturated rings. The zero-order chi connectivity index (χ0) is 34.0. The molecule has 3 atom stereocenters. The summed E-state index contributed by atoms with van der Waals surface area (Å²) >= 11 is 0. The molecular formula is C34H36FN7O6. The number of aryl methyl sites for hydroxylation is 1. The summed E-state index contributed by atoms with van der Waals surface area (Å²) < 4.78 is 21.5. The summed E-state index contributed by atoms with van der Waals surface area (Å²) in [5, 5.41) is 29.4. The number of ether oxygens (including phenoxy) is 1. The van der Waals surface area contributed by atoms with E-state index >= 15 is 0 Å². The molecule has 48 heavy (non-hydrogen) atoms. The third kappa shape index (κ3) is 9.00. The van der Waals surface area contributed by atoms with Crippen LogP contribution in [0.3, 0.4) is 0 Å². The quantitative estimate of drug-likeness (QED) is 0.221. The Kier molecular flexibility index (Phi) is 11.1. The molecule has 0 aliphatic carbocycles. The van der Waals surface area contributed by atoms with E-state index in [2.05, 4.69) is 31.6 Å². The van der Waals surface area contributed by atoms with Crippen molar-refractivity contribution in [2.24, 2.45) is 0 Å². The second kappa shape index (κ2) is 15.8. The standard InChI is InChI=1S/C34H36FN7O6/c1-21(43)30-34(47)38-28(16-22-7-3-2-4-8-22)33(46)37-19-26-20-42(41-40-26)13-6-14-48-29-12-11-25(35)17-27(29)32(45)36-18-23-9-5-10-24(15-23)31(44)39-30/h2-5,7-12,15,17,20-21,28,30,43H,6,13-14,16,18-19H2,1H3,(H,36,45)(H,37,46)(H,38,47)(H,39,44)/t21-,28-,30+/m1/s1. The fraction of sp³-hybridized carbons (Fsp3) is 0.294. The average Bonchev–Trinajstić information content (AvgIpc) is 3.54. The summed E-state index contributed by atoms with van der Waals surface area (Å²) in [5.74, 6) is -2.90. The second-order valence-corrected chi connectivity index (χ2v) is 11.4. The number of nitrogens with one attached hydrogen (secondary N) is 4. The summed E-state index contributed by atoms with van der Waals surface area (Å²) in [6.45, 7) is 1.99. The Balaban J connectivity index is 1.41. The highest BCUT2D eigenvalue weighted by atomic mass is 19.1. The van der Waals surface area contributed by atoms with Gasteiger partial charge in [-0.2, -0.15) is 0 Å². The van der Waals surface area contributed by atoms with Crippen molar-refractivity contribution in [2.45, 2.75) is 57.6 Å². The highest BCUT2D eigenvalue weighted by Gasteiger charge is 2.30. The van der Waals surface area contributed by atoms with Crippen LogP contribution in [0.2, 0.25) is 0 Å². The van der Waals surface area contributed by atoms with E-state index in [-0.39, 0.29) is 43.0 Å². The molecule has 4 aromatic rings. The minimum Gasteiger partial charge on any atom is -0.493 e. The Morgan fingerprint density at radius 1 is 0.938 bits per heavy atom. The number of rotatable bonds is 3. The third-order valence-corrected chi connectivity index (χ3v) is 7.61. The Morgan fingerprint density at radius 2 is 1.75 bits per heavy atom. The van der Waals surface area contributed by atoms with Crippen LogP contribution in [0.1, 0.15) is 50.9 Å². The molecule has 5 N–H and O–H groups in total. The van der Waals surface area contributed by atoms with Crippen molar-refractivity contribution in [3.8, 4) is 5.75 Å². The van der Waals surface area contributed by atoms with E-state index in [9.17, 15) is 28.7 Å². The van der Waals surface area contributed by atoms with Crippen molar-refractivity contribution in [3.63, 3.8) is 0 Å². The number of aliphatic hydroxyl groups is 1. The normalized spacial score (nSPS) is 18.9. The smallest absolute Gasteiger partial charge is 0.255 e. The van der Waals surface area contributed by atoms with Gasteiger partial charge in [0.15, 0.2) is 0 Å². The van der Waals surface area contributed by atoms with Gasteiger partial charge in [0, 0.05) is 31.5 Å². The van der Waals surface area contributed by atoms with Crippen molar-refractivity contribution in [1.29, 1.82) is 0 Å². The summed E-state index contributed by atoms with van der Waals surface area (Å²) in [6, 6.07) is 16.7. The number of carbonyl (C=O) groups excluding carboxylic acids is 4. The molecule has 0 saturated heterocycles. The van der Waals surface area contributed by atoms with Crippen LogP contribution in [0.4, 0.5) is 4.39 Å². The number of carbonyl (C=O) groups is 4. The van der Waals surface area contributed by atoms with Gasteiger partial charge in [-0.15, -0.1) is 5.10 Å². The van der Waals surface area contributed by atoms with Crippen molar-refractivity contribution in [2.75, 3.05) is 6.61 Å². The number of benzene rings is 3. The van der Waals surface area contributed by atoms with E-state index in [1.54, 1.807) is 23.0 Å². The van der Waals surface area contributed by atoms with Gasteiger partial charge in [0.2, 0.25) is 11.8 Å². The highest BCUT2D eigenvalue weighted by molar-refractivity contribution is 5.99. The number of hydrogen-bond acceptors (Lipinski definition) is 8. The Hall–Kier alpha value is -5.63.